The molecule has 1 aromatic heterocycles. The maximum Gasteiger partial charge on any atom is 0.230 e. The molecule has 1 N–H and O–H groups in total. The van der Waals surface area contributed by atoms with Gasteiger partial charge in [0.15, 0.2) is 5.82 Å². The standard InChI is InChI=1S/C20H24N4O2/c1-14-12-17(22-18(21-14)15-6-3-4-7-16(15)25)24-11-9-20(13-24)8-5-10-23(2)19(20)26/h3-4,6-7,12,25H,5,8-11,13H2,1-2H3/t20-/m1/s1. The number of phenolic OH excluding ortho intramolecular Hbond substituents is 1. The van der Waals surface area contributed by atoms with Crippen LogP contribution >= 0.6 is 0 Å². The Hall–Kier alpha value is -2.63. The highest BCUT2D eigenvalue weighted by atomic mass is 16.3. The summed E-state index contributed by atoms with van der Waals surface area (Å²) in [5.41, 5.74) is 1.20. The molecule has 2 saturated heterocycles. The molecule has 0 aliphatic carbocycles. The van der Waals surface area contributed by atoms with Crippen molar-refractivity contribution in [2.45, 2.75) is 26.2 Å². The smallest absolute Gasteiger partial charge is 0.230 e. The first-order valence-electron chi connectivity index (χ1n) is 9.13. The summed E-state index contributed by atoms with van der Waals surface area (Å²) in [6.45, 7) is 4.30. The summed E-state index contributed by atoms with van der Waals surface area (Å²) in [6.07, 6.45) is 2.87. The van der Waals surface area contributed by atoms with Crippen molar-refractivity contribution in [2.24, 2.45) is 5.41 Å². The number of benzene rings is 1. The molecule has 26 heavy (non-hydrogen) atoms. The van der Waals surface area contributed by atoms with Crippen molar-refractivity contribution in [2.75, 3.05) is 31.6 Å². The minimum atomic E-state index is -0.277. The van der Waals surface area contributed by atoms with E-state index in [2.05, 4.69) is 9.88 Å². The SMILES string of the molecule is Cc1cc(N2CC[C@]3(CCCN(C)C3=O)C2)nc(-c2ccccc2O)n1. The molecule has 1 atom stereocenters. The van der Waals surface area contributed by atoms with E-state index in [-0.39, 0.29) is 17.1 Å². The van der Waals surface area contributed by atoms with E-state index in [1.807, 2.05) is 37.1 Å². The second kappa shape index (κ2) is 6.27. The highest BCUT2D eigenvalue weighted by Crippen LogP contribution is 2.41. The van der Waals surface area contributed by atoms with Crippen LogP contribution in [0.15, 0.2) is 30.3 Å². The van der Waals surface area contributed by atoms with E-state index in [0.717, 1.165) is 43.9 Å². The van der Waals surface area contributed by atoms with Crippen LogP contribution in [-0.2, 0) is 4.79 Å². The lowest BCUT2D eigenvalue weighted by atomic mass is 9.78. The number of nitrogens with zero attached hydrogens (tertiary/aromatic N) is 4. The number of phenols is 1. The number of amides is 1. The number of aromatic nitrogens is 2. The molecule has 6 nitrogen and oxygen atoms in total. The molecular formula is C20H24N4O2. The molecule has 0 radical (unpaired) electrons. The number of aromatic hydroxyl groups is 1. The van der Waals surface area contributed by atoms with E-state index in [1.165, 1.54) is 0 Å². The van der Waals surface area contributed by atoms with Gasteiger partial charge in [-0.15, -0.1) is 0 Å². The minimum Gasteiger partial charge on any atom is -0.507 e. The maximum absolute atomic E-state index is 12.8. The molecule has 1 aromatic carbocycles. The lowest BCUT2D eigenvalue weighted by Crippen LogP contribution is -2.48. The number of likely N-dealkylation sites (tertiary alicyclic amines) is 1. The van der Waals surface area contributed by atoms with Crippen molar-refractivity contribution in [1.82, 2.24) is 14.9 Å². The molecule has 2 aliphatic heterocycles. The van der Waals surface area contributed by atoms with Gasteiger partial charge in [0.1, 0.15) is 11.6 Å². The van der Waals surface area contributed by atoms with Crippen LogP contribution in [0.2, 0.25) is 0 Å². The molecule has 3 heterocycles. The van der Waals surface area contributed by atoms with Crippen molar-refractivity contribution in [3.63, 3.8) is 0 Å². The van der Waals surface area contributed by atoms with Crippen LogP contribution < -0.4 is 4.90 Å². The molecule has 1 amide bonds. The Bertz CT molecular complexity index is 853. The van der Waals surface area contributed by atoms with Crippen LogP contribution in [-0.4, -0.2) is 52.6 Å². The van der Waals surface area contributed by atoms with E-state index in [4.69, 9.17) is 4.98 Å². The molecule has 136 valence electrons. The number of piperidine rings is 1. The molecule has 1 spiro atoms. The lowest BCUT2D eigenvalue weighted by Gasteiger charge is -2.37. The monoisotopic (exact) mass is 352 g/mol. The molecule has 6 heteroatoms. The van der Waals surface area contributed by atoms with E-state index in [9.17, 15) is 9.90 Å². The summed E-state index contributed by atoms with van der Waals surface area (Å²) in [7, 11) is 1.90. The van der Waals surface area contributed by atoms with Gasteiger partial charge < -0.3 is 14.9 Å². The number of hydrogen-bond acceptors (Lipinski definition) is 5. The Morgan fingerprint density at radius 1 is 1.15 bits per heavy atom. The molecule has 0 unspecified atom stereocenters. The number of carbonyl (C=O) groups is 1. The Kier molecular flexibility index (Phi) is 4.05. The van der Waals surface area contributed by atoms with Crippen LogP contribution in [0, 0.1) is 12.3 Å². The van der Waals surface area contributed by atoms with Crippen molar-refractivity contribution in [3.05, 3.63) is 36.0 Å². The van der Waals surface area contributed by atoms with Gasteiger partial charge in [0.25, 0.3) is 0 Å². The number of para-hydroxylation sites is 1. The average molecular weight is 352 g/mol. The summed E-state index contributed by atoms with van der Waals surface area (Å²) in [4.78, 5) is 26.0. The number of aryl methyl sites for hydroxylation is 1. The third-order valence-electron chi connectivity index (χ3n) is 5.61. The Balaban J connectivity index is 1.65. The van der Waals surface area contributed by atoms with Gasteiger partial charge in [0.2, 0.25) is 5.91 Å². The molecule has 2 aromatic rings. The van der Waals surface area contributed by atoms with Gasteiger partial charge >= 0.3 is 0 Å². The van der Waals surface area contributed by atoms with E-state index < -0.39 is 0 Å². The van der Waals surface area contributed by atoms with Crippen molar-refractivity contribution in [3.8, 4) is 17.1 Å². The summed E-state index contributed by atoms with van der Waals surface area (Å²) in [5, 5.41) is 10.1. The Morgan fingerprint density at radius 3 is 2.77 bits per heavy atom. The third kappa shape index (κ3) is 2.79. The van der Waals surface area contributed by atoms with Gasteiger partial charge in [0.05, 0.1) is 11.0 Å². The second-order valence-electron chi connectivity index (χ2n) is 7.49. The minimum absolute atomic E-state index is 0.172. The average Bonchev–Trinajstić information content (AvgIpc) is 3.05. The zero-order chi connectivity index (χ0) is 18.3. The normalized spacial score (nSPS) is 23.1. The quantitative estimate of drug-likeness (QED) is 0.900. The number of anilines is 1. The highest BCUT2D eigenvalue weighted by Gasteiger charge is 2.47. The van der Waals surface area contributed by atoms with Crippen molar-refractivity contribution in [1.29, 1.82) is 0 Å². The Morgan fingerprint density at radius 2 is 1.96 bits per heavy atom. The zero-order valence-corrected chi connectivity index (χ0v) is 15.3. The number of carbonyl (C=O) groups excluding carboxylic acids is 1. The van der Waals surface area contributed by atoms with Gasteiger partial charge in [-0.05, 0) is 38.3 Å². The molecule has 2 fully saturated rings. The van der Waals surface area contributed by atoms with Crippen LogP contribution in [0.3, 0.4) is 0 Å². The van der Waals surface area contributed by atoms with E-state index in [0.29, 0.717) is 17.9 Å². The zero-order valence-electron chi connectivity index (χ0n) is 15.3. The lowest BCUT2D eigenvalue weighted by molar-refractivity contribution is -0.143. The van der Waals surface area contributed by atoms with Crippen LogP contribution in [0.1, 0.15) is 25.0 Å². The van der Waals surface area contributed by atoms with Crippen LogP contribution in [0.4, 0.5) is 5.82 Å². The van der Waals surface area contributed by atoms with Crippen molar-refractivity contribution < 1.29 is 9.90 Å². The molecule has 0 bridgehead atoms. The van der Waals surface area contributed by atoms with Gasteiger partial charge in [-0.1, -0.05) is 12.1 Å². The number of hydrogen-bond donors (Lipinski definition) is 1. The van der Waals surface area contributed by atoms with E-state index >= 15 is 0 Å². The van der Waals surface area contributed by atoms with E-state index in [1.54, 1.807) is 12.1 Å². The first-order valence-corrected chi connectivity index (χ1v) is 9.13. The van der Waals surface area contributed by atoms with Gasteiger partial charge in [-0.3, -0.25) is 4.79 Å². The Labute approximate surface area is 153 Å². The summed E-state index contributed by atoms with van der Waals surface area (Å²) in [6, 6.07) is 9.06. The first-order chi connectivity index (χ1) is 12.5. The summed E-state index contributed by atoms with van der Waals surface area (Å²) >= 11 is 0. The van der Waals surface area contributed by atoms with Crippen LogP contribution in [0.5, 0.6) is 5.75 Å². The third-order valence-corrected chi connectivity index (χ3v) is 5.61. The van der Waals surface area contributed by atoms with Crippen molar-refractivity contribution >= 4 is 11.7 Å². The molecule has 0 saturated carbocycles. The first kappa shape index (κ1) is 16.8. The van der Waals surface area contributed by atoms with Gasteiger partial charge in [-0.25, -0.2) is 9.97 Å². The highest BCUT2D eigenvalue weighted by molar-refractivity contribution is 5.84. The molecular weight excluding hydrogens is 328 g/mol. The number of rotatable bonds is 2. The molecule has 4 rings (SSSR count). The largest absolute Gasteiger partial charge is 0.507 e. The fourth-order valence-electron chi connectivity index (χ4n) is 4.21. The molecule has 2 aliphatic rings. The fraction of sp³-hybridized carbons (Fsp3) is 0.450. The van der Waals surface area contributed by atoms with Crippen LogP contribution in [0.25, 0.3) is 11.4 Å². The van der Waals surface area contributed by atoms with Gasteiger partial charge in [0, 0.05) is 38.4 Å². The second-order valence-corrected chi connectivity index (χ2v) is 7.49. The summed E-state index contributed by atoms with van der Waals surface area (Å²) < 4.78 is 0. The predicted octanol–water partition coefficient (Wildman–Crippen LogP) is 2.61. The predicted molar refractivity (Wildman–Crippen MR) is 100 cm³/mol. The maximum atomic E-state index is 12.8. The summed E-state index contributed by atoms with van der Waals surface area (Å²) in [5.74, 6) is 1.78. The fourth-order valence-corrected chi connectivity index (χ4v) is 4.21. The van der Waals surface area contributed by atoms with Gasteiger partial charge in [-0.2, -0.15) is 0 Å². The topological polar surface area (TPSA) is 69.6 Å².